The first-order chi connectivity index (χ1) is 7.54. The van der Waals surface area contributed by atoms with Gasteiger partial charge in [0.15, 0.2) is 0 Å². The second kappa shape index (κ2) is 5.55. The Hall–Kier alpha value is -1.49. The first-order valence-electron chi connectivity index (χ1n) is 4.91. The van der Waals surface area contributed by atoms with Crippen molar-refractivity contribution in [1.29, 1.82) is 0 Å². The third-order valence-corrected chi connectivity index (χ3v) is 2.37. The number of carbonyl (C=O) groups is 1. The van der Waals surface area contributed by atoms with Crippen molar-refractivity contribution < 1.29 is 13.6 Å². The van der Waals surface area contributed by atoms with Crippen LogP contribution in [0.3, 0.4) is 0 Å². The average Bonchev–Trinajstić information content (AvgIpc) is 2.25. The van der Waals surface area contributed by atoms with Crippen molar-refractivity contribution >= 4 is 5.91 Å². The lowest BCUT2D eigenvalue weighted by Crippen LogP contribution is -2.31. The lowest BCUT2D eigenvalue weighted by Gasteiger charge is -2.11. The van der Waals surface area contributed by atoms with Gasteiger partial charge in [0.25, 0.3) is 6.43 Å². The molecular formula is C11H14F2N2O. The summed E-state index contributed by atoms with van der Waals surface area (Å²) in [7, 11) is 0. The number of primary amides is 1. The van der Waals surface area contributed by atoms with E-state index in [0.717, 1.165) is 0 Å². The molecule has 0 aromatic heterocycles. The van der Waals surface area contributed by atoms with E-state index in [9.17, 15) is 13.6 Å². The second-order valence-corrected chi connectivity index (χ2v) is 3.58. The van der Waals surface area contributed by atoms with Gasteiger partial charge in [-0.25, -0.2) is 8.78 Å². The van der Waals surface area contributed by atoms with Gasteiger partial charge < -0.3 is 11.5 Å². The summed E-state index contributed by atoms with van der Waals surface area (Å²) >= 11 is 0. The molecule has 0 heterocycles. The SMILES string of the molecule is NCC(Cc1cccc(C(F)F)c1)C(N)=O. The zero-order chi connectivity index (χ0) is 12.1. The van der Waals surface area contributed by atoms with Crippen molar-refractivity contribution in [1.82, 2.24) is 0 Å². The van der Waals surface area contributed by atoms with Crippen LogP contribution in [0.5, 0.6) is 0 Å². The summed E-state index contributed by atoms with van der Waals surface area (Å²) in [5, 5.41) is 0. The minimum atomic E-state index is -2.51. The van der Waals surface area contributed by atoms with Crippen molar-refractivity contribution in [2.75, 3.05) is 6.54 Å². The molecule has 5 heteroatoms. The van der Waals surface area contributed by atoms with Gasteiger partial charge in [0.05, 0.1) is 5.92 Å². The second-order valence-electron chi connectivity index (χ2n) is 3.58. The van der Waals surface area contributed by atoms with Gasteiger partial charge >= 0.3 is 0 Å². The molecule has 0 saturated heterocycles. The Kier molecular flexibility index (Phi) is 4.37. The van der Waals surface area contributed by atoms with Crippen molar-refractivity contribution in [2.45, 2.75) is 12.8 Å². The highest BCUT2D eigenvalue weighted by Gasteiger charge is 2.15. The molecular weight excluding hydrogens is 214 g/mol. The van der Waals surface area contributed by atoms with Crippen molar-refractivity contribution in [3.8, 4) is 0 Å². The third-order valence-electron chi connectivity index (χ3n) is 2.37. The summed E-state index contributed by atoms with van der Waals surface area (Å²) in [6.45, 7) is 0.119. The molecule has 0 aliphatic carbocycles. The number of benzene rings is 1. The molecule has 1 amide bonds. The lowest BCUT2D eigenvalue weighted by atomic mass is 9.97. The molecule has 1 aromatic carbocycles. The zero-order valence-electron chi connectivity index (χ0n) is 8.70. The number of nitrogens with two attached hydrogens (primary N) is 2. The number of alkyl halides is 2. The fourth-order valence-electron chi connectivity index (χ4n) is 1.44. The Morgan fingerprint density at radius 1 is 1.38 bits per heavy atom. The van der Waals surface area contributed by atoms with Crippen LogP contribution in [0.1, 0.15) is 17.6 Å². The minimum Gasteiger partial charge on any atom is -0.369 e. The number of rotatable bonds is 5. The highest BCUT2D eigenvalue weighted by Crippen LogP contribution is 2.20. The highest BCUT2D eigenvalue weighted by molar-refractivity contribution is 5.77. The maximum absolute atomic E-state index is 12.4. The number of carbonyl (C=O) groups excluding carboxylic acids is 1. The van der Waals surface area contributed by atoms with Gasteiger partial charge in [-0.05, 0) is 12.0 Å². The van der Waals surface area contributed by atoms with Crippen molar-refractivity contribution in [3.63, 3.8) is 0 Å². The predicted octanol–water partition coefficient (Wildman–Crippen LogP) is 1.23. The minimum absolute atomic E-state index is 0.0576. The molecule has 1 atom stereocenters. The van der Waals surface area contributed by atoms with Gasteiger partial charge in [0.2, 0.25) is 5.91 Å². The molecule has 1 unspecified atom stereocenters. The lowest BCUT2D eigenvalue weighted by molar-refractivity contribution is -0.121. The van der Waals surface area contributed by atoms with Crippen LogP contribution in [-0.4, -0.2) is 12.5 Å². The van der Waals surface area contributed by atoms with Crippen LogP contribution in [0.2, 0.25) is 0 Å². The Labute approximate surface area is 92.4 Å². The number of hydrogen-bond acceptors (Lipinski definition) is 2. The van der Waals surface area contributed by atoms with Gasteiger partial charge in [-0.1, -0.05) is 24.3 Å². The molecule has 0 spiro atoms. The smallest absolute Gasteiger partial charge is 0.263 e. The van der Waals surface area contributed by atoms with Crippen LogP contribution in [0.15, 0.2) is 24.3 Å². The standard InChI is InChI=1S/C11H14F2N2O/c12-10(13)8-3-1-2-7(4-8)5-9(6-14)11(15)16/h1-4,9-10H,5-6,14H2,(H2,15,16). The van der Waals surface area contributed by atoms with Crippen LogP contribution in [0.4, 0.5) is 8.78 Å². The summed E-state index contributed by atoms with van der Waals surface area (Å²) < 4.78 is 24.8. The topological polar surface area (TPSA) is 69.1 Å². The highest BCUT2D eigenvalue weighted by atomic mass is 19.3. The van der Waals surface area contributed by atoms with Crippen molar-refractivity contribution in [2.24, 2.45) is 17.4 Å². The average molecular weight is 228 g/mol. The maximum Gasteiger partial charge on any atom is 0.263 e. The van der Waals surface area contributed by atoms with E-state index in [2.05, 4.69) is 0 Å². The molecule has 0 aliphatic heterocycles. The molecule has 3 nitrogen and oxygen atoms in total. The van der Waals surface area contributed by atoms with E-state index in [1.165, 1.54) is 18.2 Å². The zero-order valence-corrected chi connectivity index (χ0v) is 8.70. The van der Waals surface area contributed by atoms with Crippen LogP contribution in [0.25, 0.3) is 0 Å². The molecule has 0 saturated carbocycles. The van der Waals surface area contributed by atoms with Crippen LogP contribution >= 0.6 is 0 Å². The monoisotopic (exact) mass is 228 g/mol. The molecule has 4 N–H and O–H groups in total. The summed E-state index contributed by atoms with van der Waals surface area (Å²) in [6, 6.07) is 5.93. The Morgan fingerprint density at radius 2 is 2.06 bits per heavy atom. The molecule has 1 rings (SSSR count). The first kappa shape index (κ1) is 12.6. The van der Waals surface area contributed by atoms with E-state index >= 15 is 0 Å². The van der Waals surface area contributed by atoms with Crippen LogP contribution in [-0.2, 0) is 11.2 Å². The fraction of sp³-hybridized carbons (Fsp3) is 0.364. The quantitative estimate of drug-likeness (QED) is 0.795. The maximum atomic E-state index is 12.4. The van der Waals surface area contributed by atoms with Gasteiger partial charge in [-0.15, -0.1) is 0 Å². The largest absolute Gasteiger partial charge is 0.369 e. The molecule has 88 valence electrons. The molecule has 0 fully saturated rings. The predicted molar refractivity (Wildman–Crippen MR) is 56.8 cm³/mol. The first-order valence-corrected chi connectivity index (χ1v) is 4.91. The Bertz CT molecular complexity index is 369. The third kappa shape index (κ3) is 3.27. The number of amides is 1. The van der Waals surface area contributed by atoms with E-state index in [-0.39, 0.29) is 12.1 Å². The normalized spacial score (nSPS) is 12.8. The van der Waals surface area contributed by atoms with Gasteiger partial charge in [0.1, 0.15) is 0 Å². The van der Waals surface area contributed by atoms with Gasteiger partial charge in [-0.3, -0.25) is 4.79 Å². The summed E-state index contributed by atoms with van der Waals surface area (Å²) in [5.41, 5.74) is 11.1. The molecule has 16 heavy (non-hydrogen) atoms. The van der Waals surface area contributed by atoms with Gasteiger partial charge in [-0.2, -0.15) is 0 Å². The van der Waals surface area contributed by atoms with E-state index in [1.807, 2.05) is 0 Å². The summed E-state index contributed by atoms with van der Waals surface area (Å²) in [5.74, 6) is -1.02. The molecule has 1 aromatic rings. The molecule has 0 aliphatic rings. The van der Waals surface area contributed by atoms with E-state index < -0.39 is 18.3 Å². The fourth-order valence-corrected chi connectivity index (χ4v) is 1.44. The summed E-state index contributed by atoms with van der Waals surface area (Å²) in [6.07, 6.45) is -2.21. The Morgan fingerprint density at radius 3 is 2.56 bits per heavy atom. The Balaban J connectivity index is 2.80. The molecule has 0 bridgehead atoms. The van der Waals surface area contributed by atoms with E-state index in [0.29, 0.717) is 12.0 Å². The summed E-state index contributed by atoms with van der Waals surface area (Å²) in [4.78, 5) is 10.9. The molecule has 0 radical (unpaired) electrons. The van der Waals surface area contributed by atoms with E-state index in [1.54, 1.807) is 6.07 Å². The van der Waals surface area contributed by atoms with E-state index in [4.69, 9.17) is 11.5 Å². The van der Waals surface area contributed by atoms with Gasteiger partial charge in [0, 0.05) is 12.1 Å². The van der Waals surface area contributed by atoms with Crippen LogP contribution in [0, 0.1) is 5.92 Å². The number of hydrogen-bond donors (Lipinski definition) is 2. The number of halogens is 2. The van der Waals surface area contributed by atoms with Crippen LogP contribution < -0.4 is 11.5 Å². The van der Waals surface area contributed by atoms with Crippen molar-refractivity contribution in [3.05, 3.63) is 35.4 Å².